The standard InChI is InChI=1S/C15H18O5/c1-7-4-5-10(16)8(2)6-11-12(14(18)13(7)17)9(3)15(19)20-11/h6,10-12,14,16,18H,1,3-5H2,2H3/b8-6+/t10-,11+,12-,14-/m0/s1. The Morgan fingerprint density at radius 2 is 1.95 bits per heavy atom. The van der Waals surface area contributed by atoms with Crippen LogP contribution in [0.3, 0.4) is 0 Å². The summed E-state index contributed by atoms with van der Waals surface area (Å²) < 4.78 is 5.11. The molecule has 0 spiro atoms. The zero-order valence-electron chi connectivity index (χ0n) is 11.3. The fourth-order valence-electron chi connectivity index (χ4n) is 2.52. The van der Waals surface area contributed by atoms with Crippen molar-refractivity contribution >= 4 is 11.8 Å². The summed E-state index contributed by atoms with van der Waals surface area (Å²) in [6.07, 6.45) is -0.703. The molecule has 0 bridgehead atoms. The van der Waals surface area contributed by atoms with Crippen LogP contribution in [0.1, 0.15) is 19.8 Å². The summed E-state index contributed by atoms with van der Waals surface area (Å²) in [5, 5.41) is 20.2. The first-order chi connectivity index (χ1) is 9.32. The van der Waals surface area contributed by atoms with E-state index in [1.54, 1.807) is 13.0 Å². The van der Waals surface area contributed by atoms with Crippen molar-refractivity contribution in [1.82, 2.24) is 0 Å². The molecule has 4 atom stereocenters. The minimum Gasteiger partial charge on any atom is -0.454 e. The lowest BCUT2D eigenvalue weighted by Gasteiger charge is -2.24. The molecule has 20 heavy (non-hydrogen) atoms. The highest BCUT2D eigenvalue weighted by Crippen LogP contribution is 2.34. The Labute approximate surface area is 117 Å². The summed E-state index contributed by atoms with van der Waals surface area (Å²) in [5.74, 6) is -1.98. The van der Waals surface area contributed by atoms with Crippen molar-refractivity contribution in [2.45, 2.75) is 38.1 Å². The maximum absolute atomic E-state index is 12.1. The van der Waals surface area contributed by atoms with Crippen LogP contribution < -0.4 is 0 Å². The van der Waals surface area contributed by atoms with Gasteiger partial charge in [0.05, 0.1) is 12.0 Å². The molecule has 1 aliphatic carbocycles. The summed E-state index contributed by atoms with van der Waals surface area (Å²) >= 11 is 0. The van der Waals surface area contributed by atoms with Crippen molar-refractivity contribution in [2.75, 3.05) is 0 Å². The van der Waals surface area contributed by atoms with E-state index in [-0.39, 0.29) is 11.1 Å². The van der Waals surface area contributed by atoms with Crippen LogP contribution in [0, 0.1) is 5.92 Å². The number of fused-ring (bicyclic) bond motifs is 1. The molecule has 1 aliphatic heterocycles. The largest absolute Gasteiger partial charge is 0.454 e. The minimum absolute atomic E-state index is 0.0720. The summed E-state index contributed by atoms with van der Waals surface area (Å²) in [7, 11) is 0. The van der Waals surface area contributed by atoms with E-state index in [0.29, 0.717) is 18.4 Å². The smallest absolute Gasteiger partial charge is 0.334 e. The van der Waals surface area contributed by atoms with Crippen LogP contribution in [0.5, 0.6) is 0 Å². The van der Waals surface area contributed by atoms with Gasteiger partial charge in [-0.3, -0.25) is 4.79 Å². The molecule has 1 saturated heterocycles. The average molecular weight is 278 g/mol. The Hall–Kier alpha value is -1.72. The second-order valence-electron chi connectivity index (χ2n) is 5.30. The zero-order chi connectivity index (χ0) is 15.0. The highest BCUT2D eigenvalue weighted by Gasteiger charge is 2.45. The summed E-state index contributed by atoms with van der Waals surface area (Å²) in [6, 6.07) is 0. The van der Waals surface area contributed by atoms with Crippen molar-refractivity contribution in [3.8, 4) is 0 Å². The van der Waals surface area contributed by atoms with Gasteiger partial charge in [-0.15, -0.1) is 0 Å². The third kappa shape index (κ3) is 2.46. The molecule has 2 rings (SSSR count). The molecule has 0 radical (unpaired) electrons. The van der Waals surface area contributed by atoms with E-state index in [0.717, 1.165) is 0 Å². The number of aliphatic hydroxyl groups is 2. The maximum atomic E-state index is 12.1. The van der Waals surface area contributed by atoms with Gasteiger partial charge in [0, 0.05) is 5.57 Å². The van der Waals surface area contributed by atoms with Crippen molar-refractivity contribution < 1.29 is 24.5 Å². The van der Waals surface area contributed by atoms with E-state index >= 15 is 0 Å². The first kappa shape index (κ1) is 14.7. The van der Waals surface area contributed by atoms with Gasteiger partial charge in [0.2, 0.25) is 0 Å². The predicted molar refractivity (Wildman–Crippen MR) is 71.7 cm³/mol. The van der Waals surface area contributed by atoms with E-state index in [9.17, 15) is 19.8 Å². The molecular weight excluding hydrogens is 260 g/mol. The van der Waals surface area contributed by atoms with Gasteiger partial charge in [0.15, 0.2) is 5.78 Å². The van der Waals surface area contributed by atoms with Crippen LogP contribution in [-0.2, 0) is 14.3 Å². The van der Waals surface area contributed by atoms with Crippen molar-refractivity contribution in [3.63, 3.8) is 0 Å². The van der Waals surface area contributed by atoms with E-state index < -0.39 is 36.0 Å². The van der Waals surface area contributed by atoms with Crippen molar-refractivity contribution in [2.24, 2.45) is 5.92 Å². The normalized spacial score (nSPS) is 38.0. The SMILES string of the molecule is C=C1CC[C@H](O)/C(C)=C/[C@H]2OC(=O)C(=C)[C@@H]2[C@H](O)C1=O. The number of hydrogen-bond acceptors (Lipinski definition) is 5. The van der Waals surface area contributed by atoms with E-state index in [4.69, 9.17) is 4.74 Å². The second-order valence-corrected chi connectivity index (χ2v) is 5.30. The van der Waals surface area contributed by atoms with E-state index in [1.807, 2.05) is 0 Å². The molecule has 1 fully saturated rings. The fraction of sp³-hybridized carbons (Fsp3) is 0.467. The first-order valence-corrected chi connectivity index (χ1v) is 6.49. The number of carbonyl (C=O) groups excluding carboxylic acids is 2. The van der Waals surface area contributed by atoms with Crippen LogP contribution in [0.2, 0.25) is 0 Å². The zero-order valence-corrected chi connectivity index (χ0v) is 11.3. The van der Waals surface area contributed by atoms with E-state index in [1.165, 1.54) is 0 Å². The summed E-state index contributed by atoms with van der Waals surface area (Å²) in [6.45, 7) is 8.95. The van der Waals surface area contributed by atoms with E-state index in [2.05, 4.69) is 13.2 Å². The second kappa shape index (κ2) is 5.34. The molecule has 1 heterocycles. The Bertz CT molecular complexity index is 516. The molecule has 0 unspecified atom stereocenters. The number of hydrogen-bond donors (Lipinski definition) is 2. The quantitative estimate of drug-likeness (QED) is 0.386. The molecule has 0 aromatic heterocycles. The third-order valence-electron chi connectivity index (χ3n) is 3.89. The summed E-state index contributed by atoms with van der Waals surface area (Å²) in [4.78, 5) is 23.7. The van der Waals surface area contributed by atoms with Crippen LogP contribution in [0.25, 0.3) is 0 Å². The molecule has 2 aliphatic rings. The first-order valence-electron chi connectivity index (χ1n) is 6.49. The Kier molecular flexibility index (Phi) is 3.92. The van der Waals surface area contributed by atoms with Crippen LogP contribution >= 0.6 is 0 Å². The molecule has 0 aromatic carbocycles. The molecule has 5 nitrogen and oxygen atoms in total. The number of rotatable bonds is 0. The molecule has 108 valence electrons. The third-order valence-corrected chi connectivity index (χ3v) is 3.89. The van der Waals surface area contributed by atoms with Gasteiger partial charge in [-0.2, -0.15) is 0 Å². The maximum Gasteiger partial charge on any atom is 0.334 e. The Balaban J connectivity index is 2.44. The lowest BCUT2D eigenvalue weighted by molar-refractivity contribution is -0.138. The number of Topliss-reactive ketones (excluding diaryl/α,β-unsaturated/α-hetero) is 1. The van der Waals surface area contributed by atoms with Crippen LogP contribution in [0.4, 0.5) is 0 Å². The van der Waals surface area contributed by atoms with Crippen LogP contribution in [-0.4, -0.2) is 40.3 Å². The fourth-order valence-corrected chi connectivity index (χ4v) is 2.52. The molecule has 2 N–H and O–H groups in total. The number of ketones is 1. The molecule has 0 amide bonds. The highest BCUT2D eigenvalue weighted by molar-refractivity contribution is 6.01. The summed E-state index contributed by atoms with van der Waals surface area (Å²) in [5.41, 5.74) is 0.941. The van der Waals surface area contributed by atoms with Crippen molar-refractivity contribution in [1.29, 1.82) is 0 Å². The molecule has 5 heteroatoms. The topological polar surface area (TPSA) is 83.8 Å². The van der Waals surface area contributed by atoms with Gasteiger partial charge in [0.1, 0.15) is 12.2 Å². The van der Waals surface area contributed by atoms with Gasteiger partial charge in [0.25, 0.3) is 0 Å². The molecular formula is C15H18O5. The number of carbonyl (C=O) groups is 2. The van der Waals surface area contributed by atoms with Gasteiger partial charge in [-0.25, -0.2) is 4.79 Å². The Morgan fingerprint density at radius 1 is 1.30 bits per heavy atom. The van der Waals surface area contributed by atoms with Gasteiger partial charge >= 0.3 is 5.97 Å². The highest BCUT2D eigenvalue weighted by atomic mass is 16.6. The molecule has 0 saturated carbocycles. The molecule has 0 aromatic rings. The number of aliphatic hydroxyl groups excluding tert-OH is 2. The van der Waals surface area contributed by atoms with Crippen molar-refractivity contribution in [3.05, 3.63) is 36.0 Å². The van der Waals surface area contributed by atoms with Crippen LogP contribution in [0.15, 0.2) is 36.0 Å². The lowest BCUT2D eigenvalue weighted by atomic mass is 9.83. The van der Waals surface area contributed by atoms with Gasteiger partial charge in [-0.05, 0) is 37.0 Å². The van der Waals surface area contributed by atoms with Gasteiger partial charge in [-0.1, -0.05) is 13.2 Å². The number of esters is 1. The monoisotopic (exact) mass is 278 g/mol. The lowest BCUT2D eigenvalue weighted by Crippen LogP contribution is -2.36. The van der Waals surface area contributed by atoms with Gasteiger partial charge < -0.3 is 14.9 Å². The average Bonchev–Trinajstić information content (AvgIpc) is 2.68. The predicted octanol–water partition coefficient (Wildman–Crippen LogP) is 0.671. The minimum atomic E-state index is -1.40. The Morgan fingerprint density at radius 3 is 2.60 bits per heavy atom. The number of ether oxygens (including phenoxy) is 1.